The number of nitrogens with one attached hydrogen (secondary N) is 3. The first kappa shape index (κ1) is 22.2. The molecule has 1 aliphatic heterocycles. The minimum atomic E-state index is 0. The first-order valence-electron chi connectivity index (χ1n) is 10.2. The number of aromatic amines is 1. The maximum Gasteiger partial charge on any atom is 0.191 e. The van der Waals surface area contributed by atoms with E-state index in [1.165, 1.54) is 6.33 Å². The molecule has 0 aliphatic carbocycles. The van der Waals surface area contributed by atoms with Gasteiger partial charge in [0.05, 0.1) is 13.1 Å². The Morgan fingerprint density at radius 3 is 3.00 bits per heavy atom. The zero-order chi connectivity index (χ0) is 20.1. The number of rotatable bonds is 6. The SMILES string of the molecule is CCNC(=NCc1cccc(-c2ncn[nH]2)c1)NC1CCc2nc(CC)nn2C1.I. The maximum absolute atomic E-state index is 4.78. The number of H-pyrrole nitrogens is 1. The van der Waals surface area contributed by atoms with Crippen LogP contribution in [0.3, 0.4) is 0 Å². The molecule has 0 amide bonds. The van der Waals surface area contributed by atoms with Crippen LogP contribution in [0.15, 0.2) is 35.6 Å². The normalized spacial score (nSPS) is 15.9. The van der Waals surface area contributed by atoms with E-state index < -0.39 is 0 Å². The Labute approximate surface area is 193 Å². The third-order valence-corrected chi connectivity index (χ3v) is 4.94. The molecule has 1 unspecified atom stereocenters. The highest BCUT2D eigenvalue weighted by Crippen LogP contribution is 2.16. The fourth-order valence-corrected chi connectivity index (χ4v) is 3.47. The molecule has 1 atom stereocenters. The van der Waals surface area contributed by atoms with Crippen molar-refractivity contribution in [2.75, 3.05) is 6.54 Å². The van der Waals surface area contributed by atoms with E-state index >= 15 is 0 Å². The van der Waals surface area contributed by atoms with Crippen molar-refractivity contribution in [3.63, 3.8) is 0 Å². The molecular weight excluding hydrogens is 493 g/mol. The van der Waals surface area contributed by atoms with Crippen LogP contribution in [-0.4, -0.2) is 48.5 Å². The second kappa shape index (κ2) is 10.5. The number of nitrogens with zero attached hydrogens (tertiary/aromatic N) is 6. The summed E-state index contributed by atoms with van der Waals surface area (Å²) in [5.41, 5.74) is 2.12. The fourth-order valence-electron chi connectivity index (χ4n) is 3.47. The summed E-state index contributed by atoms with van der Waals surface area (Å²) in [4.78, 5) is 13.6. The third kappa shape index (κ3) is 5.35. The van der Waals surface area contributed by atoms with Crippen LogP contribution in [0.25, 0.3) is 11.4 Å². The number of benzene rings is 1. The average Bonchev–Trinajstić information content (AvgIpc) is 3.42. The van der Waals surface area contributed by atoms with Crippen molar-refractivity contribution in [2.24, 2.45) is 4.99 Å². The van der Waals surface area contributed by atoms with E-state index in [9.17, 15) is 0 Å². The molecule has 3 aromatic rings. The number of hydrogen-bond acceptors (Lipinski definition) is 5. The Kier molecular flexibility index (Phi) is 7.77. The highest BCUT2D eigenvalue weighted by molar-refractivity contribution is 14.0. The molecule has 0 spiro atoms. The van der Waals surface area contributed by atoms with Crippen LogP contribution < -0.4 is 10.6 Å². The Bertz CT molecular complexity index is 965. The summed E-state index contributed by atoms with van der Waals surface area (Å²) < 4.78 is 2.03. The van der Waals surface area contributed by atoms with E-state index in [0.717, 1.165) is 66.9 Å². The van der Waals surface area contributed by atoms with Gasteiger partial charge in [-0.25, -0.2) is 19.6 Å². The largest absolute Gasteiger partial charge is 0.357 e. The van der Waals surface area contributed by atoms with Gasteiger partial charge in [-0.15, -0.1) is 24.0 Å². The van der Waals surface area contributed by atoms with Gasteiger partial charge in [-0.05, 0) is 25.0 Å². The van der Waals surface area contributed by atoms with E-state index in [-0.39, 0.29) is 30.0 Å². The second-order valence-corrected chi connectivity index (χ2v) is 7.09. The summed E-state index contributed by atoms with van der Waals surface area (Å²) in [5, 5.41) is 18.3. The highest BCUT2D eigenvalue weighted by atomic mass is 127. The lowest BCUT2D eigenvalue weighted by molar-refractivity contribution is 0.392. The molecular formula is C20H28IN9. The van der Waals surface area contributed by atoms with Gasteiger partial charge >= 0.3 is 0 Å². The fraction of sp³-hybridized carbons (Fsp3) is 0.450. The topological polar surface area (TPSA) is 109 Å². The van der Waals surface area contributed by atoms with Gasteiger partial charge in [-0.1, -0.05) is 25.1 Å². The lowest BCUT2D eigenvalue weighted by Gasteiger charge is -2.25. The summed E-state index contributed by atoms with van der Waals surface area (Å²) in [6.45, 7) is 6.37. The Balaban J connectivity index is 0.00000256. The molecule has 30 heavy (non-hydrogen) atoms. The lowest BCUT2D eigenvalue weighted by atomic mass is 10.1. The predicted molar refractivity (Wildman–Crippen MR) is 127 cm³/mol. The Morgan fingerprint density at radius 2 is 2.23 bits per heavy atom. The molecule has 160 valence electrons. The molecule has 0 bridgehead atoms. The maximum atomic E-state index is 4.78. The van der Waals surface area contributed by atoms with Crippen molar-refractivity contribution >= 4 is 29.9 Å². The molecule has 1 aromatic carbocycles. The van der Waals surface area contributed by atoms with Crippen LogP contribution in [0.4, 0.5) is 0 Å². The monoisotopic (exact) mass is 521 g/mol. The van der Waals surface area contributed by atoms with Crippen molar-refractivity contribution in [1.82, 2.24) is 40.6 Å². The molecule has 10 heteroatoms. The molecule has 0 saturated carbocycles. The van der Waals surface area contributed by atoms with E-state index in [2.05, 4.69) is 61.9 Å². The molecule has 9 nitrogen and oxygen atoms in total. The summed E-state index contributed by atoms with van der Waals surface area (Å²) in [6.07, 6.45) is 4.34. The first-order chi connectivity index (χ1) is 14.2. The van der Waals surface area contributed by atoms with Crippen molar-refractivity contribution in [1.29, 1.82) is 0 Å². The number of aromatic nitrogens is 6. The molecule has 0 fully saturated rings. The number of aliphatic imine (C=N–C) groups is 1. The zero-order valence-electron chi connectivity index (χ0n) is 17.3. The number of fused-ring (bicyclic) bond motifs is 1. The first-order valence-corrected chi connectivity index (χ1v) is 10.2. The minimum absolute atomic E-state index is 0. The summed E-state index contributed by atoms with van der Waals surface area (Å²) >= 11 is 0. The summed E-state index contributed by atoms with van der Waals surface area (Å²) in [7, 11) is 0. The number of hydrogen-bond donors (Lipinski definition) is 3. The number of halogens is 1. The van der Waals surface area contributed by atoms with E-state index in [4.69, 9.17) is 4.99 Å². The Morgan fingerprint density at radius 1 is 1.33 bits per heavy atom. The zero-order valence-corrected chi connectivity index (χ0v) is 19.6. The summed E-state index contributed by atoms with van der Waals surface area (Å²) in [5.74, 6) is 3.60. The van der Waals surface area contributed by atoms with Crippen molar-refractivity contribution in [3.05, 3.63) is 47.8 Å². The van der Waals surface area contributed by atoms with Crippen LogP contribution in [0, 0.1) is 0 Å². The van der Waals surface area contributed by atoms with Gasteiger partial charge in [0.15, 0.2) is 17.6 Å². The standard InChI is InChI=1S/C20H27N9.HI/c1-3-17-26-18-9-8-16(12-29(18)28-17)25-20(21-4-2)22-11-14-6-5-7-15(10-14)19-23-13-24-27-19;/h5-7,10,13,16H,3-4,8-9,11-12H2,1-2H3,(H2,21,22,25)(H,23,24,27);1H. The van der Waals surface area contributed by atoms with Gasteiger partial charge in [0.25, 0.3) is 0 Å². The Hall–Kier alpha value is -2.50. The van der Waals surface area contributed by atoms with Gasteiger partial charge in [0.2, 0.25) is 0 Å². The lowest BCUT2D eigenvalue weighted by Crippen LogP contribution is -2.47. The molecule has 3 heterocycles. The highest BCUT2D eigenvalue weighted by Gasteiger charge is 2.22. The van der Waals surface area contributed by atoms with Crippen LogP contribution in [0.5, 0.6) is 0 Å². The molecule has 3 N–H and O–H groups in total. The molecule has 0 saturated heterocycles. The molecule has 1 aliphatic rings. The van der Waals surface area contributed by atoms with Gasteiger partial charge in [0, 0.05) is 31.0 Å². The number of aryl methyl sites for hydroxylation is 2. The molecule has 4 rings (SSSR count). The third-order valence-electron chi connectivity index (χ3n) is 4.94. The van der Waals surface area contributed by atoms with Crippen LogP contribution in [0.1, 0.15) is 37.5 Å². The van der Waals surface area contributed by atoms with Crippen LogP contribution >= 0.6 is 24.0 Å². The van der Waals surface area contributed by atoms with Gasteiger partial charge in [0.1, 0.15) is 12.2 Å². The van der Waals surface area contributed by atoms with E-state index in [0.29, 0.717) is 6.54 Å². The van der Waals surface area contributed by atoms with Crippen molar-refractivity contribution < 1.29 is 0 Å². The van der Waals surface area contributed by atoms with E-state index in [1.807, 2.05) is 16.8 Å². The smallest absolute Gasteiger partial charge is 0.191 e. The second-order valence-electron chi connectivity index (χ2n) is 7.09. The number of guanidine groups is 1. The average molecular weight is 521 g/mol. The van der Waals surface area contributed by atoms with Crippen molar-refractivity contribution in [3.8, 4) is 11.4 Å². The molecule has 2 aromatic heterocycles. The van der Waals surface area contributed by atoms with Crippen LogP contribution in [-0.2, 0) is 25.9 Å². The van der Waals surface area contributed by atoms with Crippen molar-refractivity contribution in [2.45, 2.75) is 52.2 Å². The van der Waals surface area contributed by atoms with Gasteiger partial charge in [-0.3, -0.25) is 5.10 Å². The van der Waals surface area contributed by atoms with Gasteiger partial charge in [-0.2, -0.15) is 10.2 Å². The quantitative estimate of drug-likeness (QED) is 0.261. The summed E-state index contributed by atoms with van der Waals surface area (Å²) in [6, 6.07) is 8.47. The van der Waals surface area contributed by atoms with Gasteiger partial charge < -0.3 is 10.6 Å². The molecule has 0 radical (unpaired) electrons. The minimum Gasteiger partial charge on any atom is -0.357 e. The van der Waals surface area contributed by atoms with Crippen LogP contribution in [0.2, 0.25) is 0 Å². The van der Waals surface area contributed by atoms with E-state index in [1.54, 1.807) is 0 Å². The predicted octanol–water partition coefficient (Wildman–Crippen LogP) is 2.31.